The molecule has 2 aliphatic heterocycles. The van der Waals surface area contributed by atoms with Gasteiger partial charge in [0.15, 0.2) is 11.6 Å². The third kappa shape index (κ3) is 4.38. The zero-order valence-electron chi connectivity index (χ0n) is 18.2. The SMILES string of the molecule is CC(=O)OCC1=C(C(=O)OC(c2ccccc2)c2ccccc2)N2C(=O)[C@@](N)(C(=S)S)[C@H]2SC1. The van der Waals surface area contributed by atoms with Crippen molar-refractivity contribution in [3.63, 3.8) is 0 Å². The average molecular weight is 515 g/mol. The van der Waals surface area contributed by atoms with Crippen LogP contribution >= 0.6 is 36.6 Å². The zero-order chi connectivity index (χ0) is 24.5. The number of hydrogen-bond acceptors (Lipinski definition) is 8. The first-order valence-electron chi connectivity index (χ1n) is 10.4. The maximum atomic E-state index is 13.6. The number of β-lactam (4-membered cyclic amide) rings is 1. The fourth-order valence-electron chi connectivity index (χ4n) is 3.88. The summed E-state index contributed by atoms with van der Waals surface area (Å²) in [6.45, 7) is 1.13. The van der Waals surface area contributed by atoms with E-state index in [4.69, 9.17) is 27.4 Å². The van der Waals surface area contributed by atoms with E-state index in [9.17, 15) is 14.4 Å². The van der Waals surface area contributed by atoms with Crippen LogP contribution in [0.1, 0.15) is 24.2 Å². The normalized spacial score (nSPS) is 21.6. The molecular weight excluding hydrogens is 492 g/mol. The lowest BCUT2D eigenvalue weighted by Gasteiger charge is -2.55. The number of fused-ring (bicyclic) bond motifs is 1. The van der Waals surface area contributed by atoms with Crippen LogP contribution in [0.15, 0.2) is 71.9 Å². The van der Waals surface area contributed by atoms with Crippen molar-refractivity contribution in [2.75, 3.05) is 12.4 Å². The van der Waals surface area contributed by atoms with Gasteiger partial charge in [-0.3, -0.25) is 14.5 Å². The van der Waals surface area contributed by atoms with E-state index in [-0.39, 0.29) is 16.5 Å². The topological polar surface area (TPSA) is 98.9 Å². The first-order chi connectivity index (χ1) is 16.2. The Labute approximate surface area is 212 Å². The average Bonchev–Trinajstić information content (AvgIpc) is 2.85. The van der Waals surface area contributed by atoms with Crippen LogP contribution in [0.5, 0.6) is 0 Å². The molecule has 1 fully saturated rings. The van der Waals surface area contributed by atoms with Crippen molar-refractivity contribution in [3.05, 3.63) is 83.1 Å². The van der Waals surface area contributed by atoms with Gasteiger partial charge in [0.25, 0.3) is 5.91 Å². The molecule has 0 aliphatic carbocycles. The van der Waals surface area contributed by atoms with Crippen LogP contribution in [0.2, 0.25) is 0 Å². The highest BCUT2D eigenvalue weighted by molar-refractivity contribution is 8.11. The Kier molecular flexibility index (Phi) is 7.13. The van der Waals surface area contributed by atoms with Crippen LogP contribution in [0.3, 0.4) is 0 Å². The second-order valence-electron chi connectivity index (χ2n) is 7.85. The van der Waals surface area contributed by atoms with E-state index in [1.54, 1.807) is 0 Å². The van der Waals surface area contributed by atoms with Crippen molar-refractivity contribution < 1.29 is 23.9 Å². The van der Waals surface area contributed by atoms with Gasteiger partial charge in [0.1, 0.15) is 17.7 Å². The number of benzene rings is 2. The van der Waals surface area contributed by atoms with Gasteiger partial charge < -0.3 is 15.2 Å². The van der Waals surface area contributed by atoms with Crippen LogP contribution in [0, 0.1) is 0 Å². The molecule has 0 bridgehead atoms. The minimum atomic E-state index is -1.47. The van der Waals surface area contributed by atoms with Gasteiger partial charge in [-0.05, 0) is 11.1 Å². The molecule has 0 spiro atoms. The van der Waals surface area contributed by atoms with E-state index < -0.39 is 34.9 Å². The summed E-state index contributed by atoms with van der Waals surface area (Å²) in [5, 5.41) is -0.611. The number of carbonyl (C=O) groups is 3. The molecule has 2 atom stereocenters. The summed E-state index contributed by atoms with van der Waals surface area (Å²) in [7, 11) is 0. The third-order valence-corrected chi connectivity index (χ3v) is 7.74. The molecule has 176 valence electrons. The summed E-state index contributed by atoms with van der Waals surface area (Å²) in [6.07, 6.45) is -0.713. The number of amides is 1. The highest BCUT2D eigenvalue weighted by Gasteiger charge is 2.64. The molecule has 2 aromatic rings. The van der Waals surface area contributed by atoms with Gasteiger partial charge in [0.05, 0.1) is 4.20 Å². The number of thiol groups is 1. The Morgan fingerprint density at radius 1 is 1.18 bits per heavy atom. The largest absolute Gasteiger partial charge is 0.461 e. The molecule has 0 radical (unpaired) electrons. The molecule has 0 unspecified atom stereocenters. The van der Waals surface area contributed by atoms with E-state index in [1.807, 2.05) is 60.7 Å². The summed E-state index contributed by atoms with van der Waals surface area (Å²) in [6, 6.07) is 18.6. The lowest BCUT2D eigenvalue weighted by Crippen LogP contribution is -2.80. The number of thiocarbonyl (C=S) groups is 1. The van der Waals surface area contributed by atoms with Crippen LogP contribution < -0.4 is 5.73 Å². The van der Waals surface area contributed by atoms with Gasteiger partial charge in [-0.2, -0.15) is 0 Å². The lowest BCUT2D eigenvalue weighted by atomic mass is 9.89. The van der Waals surface area contributed by atoms with Crippen molar-refractivity contribution in [1.82, 2.24) is 4.90 Å². The van der Waals surface area contributed by atoms with Gasteiger partial charge in [-0.15, -0.1) is 24.4 Å². The molecule has 7 nitrogen and oxygen atoms in total. The smallest absolute Gasteiger partial charge is 0.356 e. The Bertz CT molecular complexity index is 1130. The summed E-state index contributed by atoms with van der Waals surface area (Å²) in [5.74, 6) is -1.46. The minimum absolute atomic E-state index is 0.0255. The number of nitrogens with two attached hydrogens (primary N) is 1. The molecule has 2 aromatic carbocycles. The fourth-order valence-corrected chi connectivity index (χ4v) is 5.87. The van der Waals surface area contributed by atoms with Crippen LogP contribution in [-0.4, -0.2) is 50.2 Å². The van der Waals surface area contributed by atoms with Gasteiger partial charge in [-0.1, -0.05) is 72.9 Å². The second kappa shape index (κ2) is 9.91. The van der Waals surface area contributed by atoms with Gasteiger partial charge in [-0.25, -0.2) is 4.79 Å². The predicted molar refractivity (Wildman–Crippen MR) is 136 cm³/mol. The highest BCUT2D eigenvalue weighted by atomic mass is 32.2. The molecule has 0 saturated carbocycles. The molecule has 1 saturated heterocycles. The first-order valence-corrected chi connectivity index (χ1v) is 12.3. The highest BCUT2D eigenvalue weighted by Crippen LogP contribution is 2.47. The van der Waals surface area contributed by atoms with Crippen molar-refractivity contribution in [3.8, 4) is 0 Å². The number of ether oxygens (including phenoxy) is 2. The minimum Gasteiger partial charge on any atom is -0.461 e. The van der Waals surface area contributed by atoms with E-state index in [2.05, 4.69) is 12.6 Å². The zero-order valence-corrected chi connectivity index (χ0v) is 20.7. The number of rotatable bonds is 7. The third-order valence-electron chi connectivity index (χ3n) is 5.61. The van der Waals surface area contributed by atoms with Crippen LogP contribution in [0.4, 0.5) is 0 Å². The van der Waals surface area contributed by atoms with Crippen molar-refractivity contribution >= 4 is 58.7 Å². The Hall–Kier alpha value is -2.66. The van der Waals surface area contributed by atoms with Gasteiger partial charge in [0.2, 0.25) is 0 Å². The molecule has 34 heavy (non-hydrogen) atoms. The maximum absolute atomic E-state index is 13.6. The molecule has 1 amide bonds. The standard InChI is InChI=1S/C24H22N2O5S3/c1-14(27)30-12-17-13-34-22-24(25,23(32)33)21(29)26(22)18(17)20(28)31-19(15-8-4-2-5-9-15)16-10-6-3-7-11-16/h2-11,19,22H,12-13,25H2,1H3,(H,32,33)/t22-,24+/m1/s1. The lowest BCUT2D eigenvalue weighted by molar-refractivity contribution is -0.155. The molecule has 0 aromatic heterocycles. The molecule has 10 heteroatoms. The number of nitrogens with zero attached hydrogens (tertiary/aromatic N) is 1. The van der Waals surface area contributed by atoms with E-state index in [1.165, 1.54) is 23.6 Å². The number of hydrogen-bond donors (Lipinski definition) is 2. The first kappa shape index (κ1) is 24.5. The fraction of sp³-hybridized carbons (Fsp3) is 0.250. The molecular formula is C24H22N2O5S3. The quantitative estimate of drug-likeness (QED) is 0.252. The summed E-state index contributed by atoms with van der Waals surface area (Å²) < 4.78 is 11.2. The van der Waals surface area contributed by atoms with Gasteiger partial charge >= 0.3 is 11.9 Å². The Morgan fingerprint density at radius 2 is 1.74 bits per heavy atom. The maximum Gasteiger partial charge on any atom is 0.356 e. The summed E-state index contributed by atoms with van der Waals surface area (Å²) >= 11 is 10.6. The van der Waals surface area contributed by atoms with E-state index >= 15 is 0 Å². The van der Waals surface area contributed by atoms with Crippen molar-refractivity contribution in [2.45, 2.75) is 23.9 Å². The van der Waals surface area contributed by atoms with Gasteiger partial charge in [0, 0.05) is 18.2 Å². The van der Waals surface area contributed by atoms with Crippen LogP contribution in [-0.2, 0) is 23.9 Å². The summed E-state index contributed by atoms with van der Waals surface area (Å²) in [5.41, 5.74) is 6.82. The van der Waals surface area contributed by atoms with E-state index in [0.717, 1.165) is 11.1 Å². The van der Waals surface area contributed by atoms with Crippen molar-refractivity contribution in [1.29, 1.82) is 0 Å². The Balaban J connectivity index is 1.71. The Morgan fingerprint density at radius 3 is 2.24 bits per heavy atom. The second-order valence-corrected chi connectivity index (χ2v) is 10.1. The molecule has 2 N–H and O–H groups in total. The number of esters is 2. The monoisotopic (exact) mass is 514 g/mol. The molecule has 2 aliphatic rings. The van der Waals surface area contributed by atoms with E-state index in [0.29, 0.717) is 11.3 Å². The predicted octanol–water partition coefficient (Wildman–Crippen LogP) is 3.01. The van der Waals surface area contributed by atoms with Crippen molar-refractivity contribution in [2.24, 2.45) is 5.73 Å². The molecule has 4 rings (SSSR count). The number of thioether (sulfide) groups is 1. The number of carbonyl (C=O) groups excluding carboxylic acids is 3. The molecule has 2 heterocycles. The van der Waals surface area contributed by atoms with Crippen LogP contribution in [0.25, 0.3) is 0 Å². The summed E-state index contributed by atoms with van der Waals surface area (Å²) in [4.78, 5) is 39.4.